The van der Waals surface area contributed by atoms with E-state index in [0.29, 0.717) is 0 Å². The van der Waals surface area contributed by atoms with Crippen molar-refractivity contribution in [2.45, 2.75) is 0 Å². The number of hydrogen-bond acceptors (Lipinski definition) is 3. The summed E-state index contributed by atoms with van der Waals surface area (Å²) in [4.78, 5) is 4.40. The van der Waals surface area contributed by atoms with E-state index in [1.807, 2.05) is 0 Å². The van der Waals surface area contributed by atoms with Gasteiger partial charge in [-0.2, -0.15) is 4.94 Å². The molecule has 0 atom stereocenters. The van der Waals surface area contributed by atoms with Crippen molar-refractivity contribution < 1.29 is 4.94 Å². The summed E-state index contributed by atoms with van der Waals surface area (Å²) < 4.78 is 0. The number of rotatable bonds is 4. The van der Waals surface area contributed by atoms with Gasteiger partial charge in [-0.15, -0.1) is 0 Å². The molecule has 0 radical (unpaired) electrons. The van der Waals surface area contributed by atoms with E-state index < -0.39 is 0 Å². The van der Waals surface area contributed by atoms with Crippen LogP contribution in [0.15, 0.2) is 25.6 Å². The first kappa shape index (κ1) is 6.04. The van der Waals surface area contributed by atoms with Gasteiger partial charge in [-0.05, 0) is 0 Å². The minimum absolute atomic E-state index is 1.40. The minimum atomic E-state index is 1.40. The fourth-order valence-electron chi connectivity index (χ4n) is 0.117. The number of hydrogen-bond donors (Lipinski definition) is 2. The minimum Gasteiger partial charge on any atom is -0.250 e. The Kier molecular flexibility index (Phi) is 4.35. The van der Waals surface area contributed by atoms with Gasteiger partial charge in [0.1, 0.15) is 0 Å². The van der Waals surface area contributed by atoms with Gasteiger partial charge in [0, 0.05) is 12.4 Å². The van der Waals surface area contributed by atoms with Crippen LogP contribution >= 0.6 is 0 Å². The second-order valence-corrected chi connectivity index (χ2v) is 0.746. The summed E-state index contributed by atoms with van der Waals surface area (Å²) in [6.45, 7) is 6.64. The lowest BCUT2D eigenvalue weighted by molar-refractivity contribution is 0.0123. The summed E-state index contributed by atoms with van der Waals surface area (Å²) in [5.41, 5.74) is 4.66. The zero-order chi connectivity index (χ0) is 5.54. The van der Waals surface area contributed by atoms with Gasteiger partial charge in [0.15, 0.2) is 0 Å². The zero-order valence-corrected chi connectivity index (χ0v) is 3.98. The maximum Gasteiger partial charge on any atom is 0.0195 e. The molecule has 7 heavy (non-hydrogen) atoms. The van der Waals surface area contributed by atoms with Crippen LogP contribution in [0.2, 0.25) is 0 Å². The summed E-state index contributed by atoms with van der Waals surface area (Å²) >= 11 is 0. The molecule has 0 heterocycles. The van der Waals surface area contributed by atoms with Crippen LogP contribution in [-0.4, -0.2) is 0 Å². The Morgan fingerprint density at radius 2 is 1.57 bits per heavy atom. The van der Waals surface area contributed by atoms with E-state index in [2.05, 4.69) is 29.1 Å². The Balaban J connectivity index is 2.68. The molecule has 0 aliphatic carbocycles. The van der Waals surface area contributed by atoms with E-state index in [0.717, 1.165) is 0 Å². The first-order chi connectivity index (χ1) is 3.41. The molecule has 0 aromatic rings. The van der Waals surface area contributed by atoms with Gasteiger partial charge in [-0.3, -0.25) is 11.0 Å². The van der Waals surface area contributed by atoms with Crippen molar-refractivity contribution in [3.63, 3.8) is 0 Å². The standard InChI is InChI=1S/C4H8N2O/c1-3-5-7-6-4-2/h3-6H,1-2H2. The van der Waals surface area contributed by atoms with Crippen LogP contribution in [0, 0.1) is 0 Å². The quantitative estimate of drug-likeness (QED) is 0.393. The molecule has 2 N–H and O–H groups in total. The van der Waals surface area contributed by atoms with Crippen LogP contribution in [-0.2, 0) is 4.94 Å². The van der Waals surface area contributed by atoms with Crippen molar-refractivity contribution in [1.29, 1.82) is 0 Å². The van der Waals surface area contributed by atoms with E-state index in [1.54, 1.807) is 0 Å². The van der Waals surface area contributed by atoms with Crippen molar-refractivity contribution in [2.75, 3.05) is 0 Å². The van der Waals surface area contributed by atoms with Crippen molar-refractivity contribution in [2.24, 2.45) is 0 Å². The predicted molar refractivity (Wildman–Crippen MR) is 27.8 cm³/mol. The van der Waals surface area contributed by atoms with E-state index in [1.165, 1.54) is 12.4 Å². The van der Waals surface area contributed by atoms with Crippen LogP contribution in [0.25, 0.3) is 0 Å². The van der Waals surface area contributed by atoms with Crippen molar-refractivity contribution in [3.05, 3.63) is 25.6 Å². The molecule has 0 aromatic heterocycles. The van der Waals surface area contributed by atoms with Gasteiger partial charge < -0.3 is 0 Å². The first-order valence-corrected chi connectivity index (χ1v) is 1.80. The molecule has 0 spiro atoms. The van der Waals surface area contributed by atoms with Crippen molar-refractivity contribution >= 4 is 0 Å². The molecular weight excluding hydrogens is 92.1 g/mol. The normalized spacial score (nSPS) is 6.86. The average Bonchev–Trinajstić information content (AvgIpc) is 1.69. The molecule has 0 aromatic carbocycles. The Morgan fingerprint density at radius 3 is 1.86 bits per heavy atom. The molecule has 0 aliphatic heterocycles. The van der Waals surface area contributed by atoms with E-state index >= 15 is 0 Å². The number of nitrogens with one attached hydrogen (secondary N) is 2. The maximum absolute atomic E-state index is 4.40. The second kappa shape index (κ2) is 5.04. The summed E-state index contributed by atoms with van der Waals surface area (Å²) in [6, 6.07) is 0. The molecule has 0 saturated carbocycles. The average molecular weight is 100 g/mol. The van der Waals surface area contributed by atoms with Gasteiger partial charge in [-0.25, -0.2) is 0 Å². The van der Waals surface area contributed by atoms with Crippen LogP contribution in [0.3, 0.4) is 0 Å². The summed E-state index contributed by atoms with van der Waals surface area (Å²) in [6.07, 6.45) is 2.80. The van der Waals surface area contributed by atoms with Gasteiger partial charge in [0.2, 0.25) is 0 Å². The Morgan fingerprint density at radius 1 is 1.14 bits per heavy atom. The predicted octanol–water partition coefficient (Wildman–Crippen LogP) is 0.299. The molecule has 0 saturated heterocycles. The van der Waals surface area contributed by atoms with Crippen LogP contribution in [0.1, 0.15) is 0 Å². The second-order valence-electron chi connectivity index (χ2n) is 0.746. The molecule has 0 amide bonds. The highest BCUT2D eigenvalue weighted by Gasteiger charge is 1.63. The monoisotopic (exact) mass is 100 g/mol. The highest BCUT2D eigenvalue weighted by Crippen LogP contribution is 1.53. The fourth-order valence-corrected chi connectivity index (χ4v) is 0.117. The molecule has 0 rings (SSSR count). The Bertz CT molecular complexity index is 54.7. The highest BCUT2D eigenvalue weighted by atomic mass is 16.8. The number of hydroxylamine groups is 2. The summed E-state index contributed by atoms with van der Waals surface area (Å²) in [5.74, 6) is 0. The third-order valence-corrected chi connectivity index (χ3v) is 0.285. The Labute approximate surface area is 42.6 Å². The van der Waals surface area contributed by atoms with E-state index in [9.17, 15) is 0 Å². The summed E-state index contributed by atoms with van der Waals surface area (Å²) in [5, 5.41) is 0. The van der Waals surface area contributed by atoms with Gasteiger partial charge in [-0.1, -0.05) is 13.2 Å². The maximum atomic E-state index is 4.40. The molecule has 0 bridgehead atoms. The highest BCUT2D eigenvalue weighted by molar-refractivity contribution is 4.55. The third-order valence-electron chi connectivity index (χ3n) is 0.285. The van der Waals surface area contributed by atoms with Crippen molar-refractivity contribution in [3.8, 4) is 0 Å². The topological polar surface area (TPSA) is 33.3 Å². The smallest absolute Gasteiger partial charge is 0.0195 e. The molecule has 0 fully saturated rings. The van der Waals surface area contributed by atoms with Crippen LogP contribution in [0.5, 0.6) is 0 Å². The lowest BCUT2D eigenvalue weighted by Gasteiger charge is -1.95. The van der Waals surface area contributed by atoms with E-state index in [-0.39, 0.29) is 0 Å². The van der Waals surface area contributed by atoms with Crippen LogP contribution in [0.4, 0.5) is 0 Å². The third kappa shape index (κ3) is 5.04. The van der Waals surface area contributed by atoms with Gasteiger partial charge in [0.25, 0.3) is 0 Å². The Hall–Kier alpha value is -0.960. The molecule has 0 unspecified atom stereocenters. The van der Waals surface area contributed by atoms with Gasteiger partial charge in [0.05, 0.1) is 0 Å². The largest absolute Gasteiger partial charge is 0.250 e. The van der Waals surface area contributed by atoms with Crippen LogP contribution < -0.4 is 11.0 Å². The molecule has 3 heteroatoms. The molecule has 40 valence electrons. The lowest BCUT2D eigenvalue weighted by Crippen LogP contribution is -2.15. The molecular formula is C4H8N2O. The zero-order valence-electron chi connectivity index (χ0n) is 3.98. The molecule has 0 aliphatic rings. The molecule has 3 nitrogen and oxygen atoms in total. The van der Waals surface area contributed by atoms with E-state index in [4.69, 9.17) is 0 Å². The summed E-state index contributed by atoms with van der Waals surface area (Å²) in [7, 11) is 0. The fraction of sp³-hybridized carbons (Fsp3) is 0. The van der Waals surface area contributed by atoms with Crippen molar-refractivity contribution in [1.82, 2.24) is 11.0 Å². The van der Waals surface area contributed by atoms with Gasteiger partial charge >= 0.3 is 0 Å². The first-order valence-electron chi connectivity index (χ1n) is 1.80. The SMILES string of the molecule is C=CNONC=C. The lowest BCUT2D eigenvalue weighted by atomic mass is 11.1.